The third-order valence-corrected chi connectivity index (χ3v) is 19.0. The van der Waals surface area contributed by atoms with Crippen LogP contribution in [0.5, 0.6) is 0 Å². The molecule has 0 fully saturated rings. The fourth-order valence-electron chi connectivity index (χ4n) is 11.2. The highest BCUT2D eigenvalue weighted by Crippen LogP contribution is 2.54. The number of hydrogen-bond acceptors (Lipinski definition) is 21. The summed E-state index contributed by atoms with van der Waals surface area (Å²) < 4.78 is 204. The number of anilines is 1. The fourth-order valence-corrected chi connectivity index (χ4v) is 13.9. The van der Waals surface area contributed by atoms with Gasteiger partial charge in [0, 0.05) is 80.3 Å². The molecule has 0 aliphatic carbocycles. The highest BCUT2D eigenvalue weighted by Gasteiger charge is 2.49. The molecule has 506 valence electrons. The lowest BCUT2D eigenvalue weighted by Crippen LogP contribution is -2.33. The summed E-state index contributed by atoms with van der Waals surface area (Å²) in [6.45, 7) is 11.8. The Balaban J connectivity index is 1.37. The van der Waals surface area contributed by atoms with Crippen molar-refractivity contribution >= 4 is 85.1 Å². The number of rotatable bonds is 44. The van der Waals surface area contributed by atoms with Crippen LogP contribution in [0, 0.1) is 0 Å². The lowest BCUT2D eigenvalue weighted by atomic mass is 9.75. The minimum atomic E-state index is -5.34. The summed E-state index contributed by atoms with van der Waals surface area (Å²) >= 11 is 0. The molecular weight excluding hydrogens is 1270 g/mol. The second-order valence-electron chi connectivity index (χ2n) is 21.7. The van der Waals surface area contributed by atoms with E-state index in [9.17, 15) is 61.8 Å². The maximum atomic E-state index is 12.9. The first kappa shape index (κ1) is 74.8. The summed E-state index contributed by atoms with van der Waals surface area (Å²) in [5, 5.41) is 9.54. The summed E-state index contributed by atoms with van der Waals surface area (Å²) in [5.74, 6) is -0.960. The van der Waals surface area contributed by atoms with E-state index in [0.717, 1.165) is 6.07 Å². The van der Waals surface area contributed by atoms with Gasteiger partial charge in [0.2, 0.25) is 5.69 Å². The van der Waals surface area contributed by atoms with E-state index in [-0.39, 0.29) is 87.1 Å². The predicted octanol–water partition coefficient (Wildman–Crippen LogP) is 6.64. The molecule has 6 rings (SSSR count). The van der Waals surface area contributed by atoms with Crippen molar-refractivity contribution in [1.29, 1.82) is 0 Å². The molecule has 2 atom stereocenters. The summed E-state index contributed by atoms with van der Waals surface area (Å²) in [5.41, 5.74) is 1.08. The second-order valence-corrected chi connectivity index (χ2v) is 27.2. The van der Waals surface area contributed by atoms with Crippen LogP contribution in [0.3, 0.4) is 0 Å². The van der Waals surface area contributed by atoms with Gasteiger partial charge >= 0.3 is 5.97 Å². The monoisotopic (exact) mass is 1360 g/mol. The number of carboxylic acids is 1. The first-order chi connectivity index (χ1) is 43.2. The van der Waals surface area contributed by atoms with Crippen LogP contribution < -0.4 is 4.90 Å². The van der Waals surface area contributed by atoms with Gasteiger partial charge in [-0.2, -0.15) is 29.8 Å². The van der Waals surface area contributed by atoms with Gasteiger partial charge < -0.3 is 61.9 Å². The zero-order valence-corrected chi connectivity index (χ0v) is 55.1. The average molecular weight is 1360 g/mol. The van der Waals surface area contributed by atoms with Crippen LogP contribution in [0.2, 0.25) is 0 Å². The van der Waals surface area contributed by atoms with Gasteiger partial charge in [-0.05, 0) is 111 Å². The van der Waals surface area contributed by atoms with Crippen molar-refractivity contribution in [3.63, 3.8) is 0 Å². The fraction of sp³-hybridized carbons (Fsp3) is 0.541. The van der Waals surface area contributed by atoms with E-state index in [1.807, 2.05) is 42.4 Å². The van der Waals surface area contributed by atoms with Crippen LogP contribution in [0.25, 0.3) is 21.5 Å². The summed E-state index contributed by atoms with van der Waals surface area (Å²) in [7, 11) is -17.3. The van der Waals surface area contributed by atoms with Crippen molar-refractivity contribution in [2.45, 2.75) is 89.7 Å². The third kappa shape index (κ3) is 20.4. The number of carboxylic acid groups (broad SMARTS) is 1. The second kappa shape index (κ2) is 34.8. The molecule has 4 aromatic carbocycles. The summed E-state index contributed by atoms with van der Waals surface area (Å²) in [4.78, 5) is 10.3. The van der Waals surface area contributed by atoms with E-state index < -0.39 is 76.9 Å². The summed E-state index contributed by atoms with van der Waals surface area (Å²) in [6, 6.07) is 9.81. The van der Waals surface area contributed by atoms with Crippen LogP contribution in [0.4, 0.5) is 11.4 Å². The van der Waals surface area contributed by atoms with Crippen molar-refractivity contribution in [3.05, 3.63) is 95.7 Å². The topological polar surface area (TPSA) is 356 Å². The Morgan fingerprint density at radius 2 is 0.989 bits per heavy atom. The number of aliphatic carboxylic acids is 1. The molecule has 0 saturated heterocycles. The van der Waals surface area contributed by atoms with Gasteiger partial charge in [-0.3, -0.25) is 18.5 Å². The van der Waals surface area contributed by atoms with Gasteiger partial charge in [0.25, 0.3) is 30.4 Å². The highest BCUT2D eigenvalue weighted by atomic mass is 32.2. The Kier molecular flexibility index (Phi) is 28.6. The van der Waals surface area contributed by atoms with Crippen LogP contribution in [-0.4, -0.2) is 219 Å². The Bertz CT molecular complexity index is 3720. The number of hydrogen-bond donors (Lipinski definition) is 4. The Morgan fingerprint density at radius 3 is 1.45 bits per heavy atom. The molecule has 91 heavy (non-hydrogen) atoms. The third-order valence-electron chi connectivity index (χ3n) is 15.5. The Labute approximate surface area is 532 Å². The number of unbranched alkanes of at least 4 members (excludes halogenated alkanes) is 2. The van der Waals surface area contributed by atoms with E-state index in [1.54, 1.807) is 44.6 Å². The molecule has 30 heteroatoms. The van der Waals surface area contributed by atoms with Crippen molar-refractivity contribution in [1.82, 2.24) is 0 Å². The molecule has 0 amide bonds. The first-order valence-corrected chi connectivity index (χ1v) is 35.4. The molecule has 4 N–H and O–H groups in total. The largest absolute Gasteiger partial charge is 0.744 e. The minimum absolute atomic E-state index is 0.00173. The molecule has 0 radical (unpaired) electrons. The Morgan fingerprint density at radius 1 is 0.538 bits per heavy atom. The molecular formula is C61H84N2O24S4. The molecule has 4 aromatic rings. The van der Waals surface area contributed by atoms with Gasteiger partial charge in [-0.25, -0.2) is 8.42 Å². The first-order valence-electron chi connectivity index (χ1n) is 29.6. The number of nitrogens with zero attached hydrogens (tertiary/aromatic N) is 2. The van der Waals surface area contributed by atoms with E-state index in [1.165, 1.54) is 18.2 Å². The number of fused-ring (bicyclic) bond motifs is 6. The lowest BCUT2D eigenvalue weighted by molar-refractivity contribution is -0.433. The van der Waals surface area contributed by atoms with Crippen molar-refractivity contribution < 1.29 is 114 Å². The van der Waals surface area contributed by atoms with Gasteiger partial charge in [-0.15, -0.1) is 0 Å². The number of ether oxygens (including phenoxy) is 10. The quantitative estimate of drug-likeness (QED) is 0.0156. The van der Waals surface area contributed by atoms with Crippen molar-refractivity contribution in [2.24, 2.45) is 0 Å². The maximum absolute atomic E-state index is 12.9. The zero-order valence-electron chi connectivity index (χ0n) is 51.9. The molecule has 2 unspecified atom stereocenters. The van der Waals surface area contributed by atoms with Crippen LogP contribution in [0.15, 0.2) is 104 Å². The predicted molar refractivity (Wildman–Crippen MR) is 335 cm³/mol. The van der Waals surface area contributed by atoms with Gasteiger partial charge in [0.15, 0.2) is 5.71 Å². The molecule has 0 bridgehead atoms. The van der Waals surface area contributed by atoms with Gasteiger partial charge in [0.1, 0.15) is 21.6 Å². The molecule has 26 nitrogen and oxygen atoms in total. The van der Waals surface area contributed by atoms with Crippen LogP contribution >= 0.6 is 0 Å². The van der Waals surface area contributed by atoms with E-state index in [2.05, 4.69) is 0 Å². The molecule has 2 aliphatic heterocycles. The van der Waals surface area contributed by atoms with Crippen molar-refractivity contribution in [2.75, 3.05) is 151 Å². The number of benzene rings is 4. The average Bonchev–Trinajstić information content (AvgIpc) is 1.62. The van der Waals surface area contributed by atoms with Crippen LogP contribution in [-0.2, 0) is 103 Å². The number of allylic oxidation sites excluding steroid dienone is 6. The van der Waals surface area contributed by atoms with Crippen LogP contribution in [0.1, 0.15) is 70.4 Å². The standard InChI is InChI=1S/C61H84N2O24S4/c1-6-62-51-18-16-47-49(41-45(88(66,67)68)43-53(47)90(72,73)74)58(51)60(2,20-23-80-29-31-84-37-39-86-35-33-82-27-25-78-4)55(62)13-9-7-10-14-56-61(3,21-24-81-30-32-85-38-40-87-36-34-83-28-26-79-5)59-50-42-46(89(69,70)71)44-54(91(75,76)77)48(50)17-19-52(59)63(56)22-12-8-11-15-57(64)65/h7,9-10,13-14,16-19,41-44H,6,8,11-12,15,20-40H2,1-5H3,(H4-,64,65,66,67,68,69,70,71,72,73,74,75,76,77). The van der Waals surface area contributed by atoms with E-state index in [4.69, 9.17) is 47.4 Å². The molecule has 0 saturated carbocycles. The SMILES string of the molecule is CC[N+]1=C(/C=C/C=C/C=C2/N(CCCCCC(=O)O)c3ccc4c(S(=O)(=O)[O-])cc(S(=O)(=O)O)cc4c3C2(C)CCOCCOCCOCCOCCOC)C(C)(CCOCCOCCOCCOCCOC)c2c1ccc1c(S(=O)(=O)O)cc(S(=O)(=O)O)cc21. The zero-order chi connectivity index (χ0) is 66.5. The smallest absolute Gasteiger partial charge is 0.303 e. The van der Waals surface area contributed by atoms with E-state index in [0.29, 0.717) is 151 Å². The highest BCUT2D eigenvalue weighted by molar-refractivity contribution is 7.87. The summed E-state index contributed by atoms with van der Waals surface area (Å²) in [6.07, 6.45) is 10.6. The van der Waals surface area contributed by atoms with Gasteiger partial charge in [0.05, 0.1) is 126 Å². The van der Waals surface area contributed by atoms with Crippen molar-refractivity contribution in [3.8, 4) is 0 Å². The Hall–Kier alpha value is -5.20. The van der Waals surface area contributed by atoms with Gasteiger partial charge in [-0.1, -0.05) is 30.7 Å². The lowest BCUT2D eigenvalue weighted by Gasteiger charge is -2.31. The number of methoxy groups -OCH3 is 2. The molecule has 2 aliphatic rings. The molecule has 2 heterocycles. The maximum Gasteiger partial charge on any atom is 0.303 e. The number of carbonyl (C=O) groups is 1. The van der Waals surface area contributed by atoms with E-state index >= 15 is 0 Å². The normalized spacial score (nSPS) is 17.7. The molecule has 0 spiro atoms. The molecule has 0 aromatic heterocycles. The minimum Gasteiger partial charge on any atom is -0.744 e.